The summed E-state index contributed by atoms with van der Waals surface area (Å²) in [6.45, 7) is 2.11. The third-order valence-electron chi connectivity index (χ3n) is 5.69. The molecule has 1 N–H and O–H groups in total. The highest BCUT2D eigenvalue weighted by atomic mass is 35.5. The molecule has 0 fully saturated rings. The van der Waals surface area contributed by atoms with Gasteiger partial charge in [0.05, 0.1) is 23.2 Å². The second-order valence-electron chi connectivity index (χ2n) is 8.19. The number of benzene rings is 3. The fourth-order valence-electron chi connectivity index (χ4n) is 3.74. The summed E-state index contributed by atoms with van der Waals surface area (Å²) in [6, 6.07) is 22.5. The molecule has 0 saturated carbocycles. The normalized spacial score (nSPS) is 11.2. The maximum Gasteiger partial charge on any atom is 0.271 e. The molecule has 37 heavy (non-hydrogen) atoms. The molecule has 5 aromatic rings. The van der Waals surface area contributed by atoms with E-state index < -0.39 is 0 Å². The minimum atomic E-state index is -0.373. The molecule has 0 radical (unpaired) electrons. The van der Waals surface area contributed by atoms with Gasteiger partial charge in [0.1, 0.15) is 28.8 Å². The Labute approximate surface area is 217 Å². The third-order valence-corrected chi connectivity index (χ3v) is 6.05. The summed E-state index contributed by atoms with van der Waals surface area (Å²) < 4.78 is 20.7. The van der Waals surface area contributed by atoms with E-state index >= 15 is 0 Å². The van der Waals surface area contributed by atoms with Gasteiger partial charge in [-0.25, -0.2) is 14.5 Å². The van der Waals surface area contributed by atoms with Crippen molar-refractivity contribution in [3.05, 3.63) is 118 Å². The molecule has 3 aromatic carbocycles. The van der Waals surface area contributed by atoms with E-state index in [0.717, 1.165) is 16.5 Å². The zero-order chi connectivity index (χ0) is 25.8. The smallest absolute Gasteiger partial charge is 0.271 e. The van der Waals surface area contributed by atoms with Gasteiger partial charge >= 0.3 is 0 Å². The molecule has 5 rings (SSSR count). The van der Waals surface area contributed by atoms with E-state index in [1.165, 1.54) is 23.0 Å². The number of halogens is 2. The van der Waals surface area contributed by atoms with Crippen LogP contribution in [0, 0.1) is 12.7 Å². The van der Waals surface area contributed by atoms with E-state index in [2.05, 4.69) is 20.6 Å². The number of aryl methyl sites for hydroxylation is 1. The maximum absolute atomic E-state index is 13.2. The van der Waals surface area contributed by atoms with Crippen molar-refractivity contribution in [3.8, 4) is 11.4 Å². The fraction of sp³-hybridized carbons (Fsp3) is 0.0714. The second-order valence-corrected chi connectivity index (χ2v) is 8.55. The van der Waals surface area contributed by atoms with Crippen molar-refractivity contribution in [1.82, 2.24) is 20.2 Å². The Bertz CT molecular complexity index is 1590. The quantitative estimate of drug-likeness (QED) is 0.218. The third kappa shape index (κ3) is 5.34. The van der Waals surface area contributed by atoms with Gasteiger partial charge < -0.3 is 4.74 Å². The molecule has 2 heterocycles. The number of carbonyl (C=O) groups is 1. The minimum absolute atomic E-state index is 0.299. The van der Waals surface area contributed by atoms with Crippen LogP contribution in [0.5, 0.6) is 5.75 Å². The number of ether oxygens (including phenoxy) is 1. The molecule has 2 aromatic heterocycles. The summed E-state index contributed by atoms with van der Waals surface area (Å²) >= 11 is 6.45. The molecule has 0 aliphatic heterocycles. The van der Waals surface area contributed by atoms with Crippen LogP contribution in [-0.2, 0) is 6.61 Å². The number of amides is 1. The van der Waals surface area contributed by atoms with Crippen molar-refractivity contribution in [2.45, 2.75) is 13.5 Å². The molecule has 184 valence electrons. The van der Waals surface area contributed by atoms with Gasteiger partial charge in [-0.15, -0.1) is 0 Å². The molecule has 0 aliphatic rings. The average Bonchev–Trinajstić information content (AvgIpc) is 3.21. The molecule has 7 nitrogen and oxygen atoms in total. The lowest BCUT2D eigenvalue weighted by molar-refractivity contribution is 0.0955. The van der Waals surface area contributed by atoms with Gasteiger partial charge in [0.25, 0.3) is 5.91 Å². The first-order valence-electron chi connectivity index (χ1n) is 11.4. The Morgan fingerprint density at radius 3 is 2.62 bits per heavy atom. The number of carbonyl (C=O) groups excluding carboxylic acids is 1. The molecule has 0 spiro atoms. The highest BCUT2D eigenvalue weighted by molar-refractivity contribution is 6.32. The minimum Gasteiger partial charge on any atom is -0.487 e. The van der Waals surface area contributed by atoms with Crippen LogP contribution >= 0.6 is 11.6 Å². The second kappa shape index (κ2) is 10.6. The van der Waals surface area contributed by atoms with E-state index in [1.54, 1.807) is 37.4 Å². The van der Waals surface area contributed by atoms with Crippen molar-refractivity contribution in [1.29, 1.82) is 0 Å². The molecular formula is C28H21ClFN5O2. The van der Waals surface area contributed by atoms with Crippen LogP contribution < -0.4 is 10.2 Å². The zero-order valence-electron chi connectivity index (χ0n) is 19.7. The van der Waals surface area contributed by atoms with Gasteiger partial charge in [0, 0.05) is 17.1 Å². The lowest BCUT2D eigenvalue weighted by Gasteiger charge is -2.09. The number of nitrogens with zero attached hydrogens (tertiary/aromatic N) is 4. The Kier molecular flexibility index (Phi) is 6.91. The summed E-state index contributed by atoms with van der Waals surface area (Å²) in [7, 11) is 0. The number of rotatable bonds is 7. The van der Waals surface area contributed by atoms with Gasteiger partial charge in [-0.05, 0) is 61.0 Å². The number of aromatic nitrogens is 3. The van der Waals surface area contributed by atoms with Gasteiger partial charge in [-0.2, -0.15) is 10.2 Å². The van der Waals surface area contributed by atoms with Crippen molar-refractivity contribution >= 4 is 34.6 Å². The van der Waals surface area contributed by atoms with Gasteiger partial charge in [-0.1, -0.05) is 41.9 Å². The largest absolute Gasteiger partial charge is 0.487 e. The molecule has 0 aliphatic carbocycles. The average molecular weight is 514 g/mol. The summed E-state index contributed by atoms with van der Waals surface area (Å²) in [5, 5.41) is 9.71. The van der Waals surface area contributed by atoms with E-state index in [-0.39, 0.29) is 11.7 Å². The monoisotopic (exact) mass is 513 g/mol. The summed E-state index contributed by atoms with van der Waals surface area (Å²) in [4.78, 5) is 16.9. The number of hydrazone groups is 1. The molecule has 0 atom stereocenters. The van der Waals surface area contributed by atoms with E-state index in [4.69, 9.17) is 16.3 Å². The van der Waals surface area contributed by atoms with Crippen molar-refractivity contribution in [2.24, 2.45) is 5.10 Å². The number of hydrogen-bond acceptors (Lipinski definition) is 5. The van der Waals surface area contributed by atoms with Gasteiger partial charge in [-0.3, -0.25) is 9.78 Å². The summed E-state index contributed by atoms with van der Waals surface area (Å²) in [5.74, 6) is -0.0245. The SMILES string of the molecule is Cc1nn(-c2ccc(F)cc2)c(Cl)c1C=NNC(=O)c1ccc(COc2cccc3cccnc23)cc1. The predicted octanol–water partition coefficient (Wildman–Crippen LogP) is 5.86. The standard InChI is InChI=1S/C28H21ClFN5O2/c1-18-24(27(29)35(34-18)23-13-11-22(30)12-14-23)16-32-33-28(36)21-9-7-19(8-10-21)17-37-25-6-2-4-20-5-3-15-31-26(20)25/h2-16H,17H2,1H3,(H,33,36). The number of para-hydroxylation sites is 1. The van der Waals surface area contributed by atoms with E-state index in [9.17, 15) is 9.18 Å². The summed E-state index contributed by atoms with van der Waals surface area (Å²) in [6.07, 6.45) is 3.17. The van der Waals surface area contributed by atoms with Crippen molar-refractivity contribution in [3.63, 3.8) is 0 Å². The highest BCUT2D eigenvalue weighted by Crippen LogP contribution is 2.24. The van der Waals surface area contributed by atoms with Crippen LogP contribution in [0.4, 0.5) is 4.39 Å². The van der Waals surface area contributed by atoms with Crippen LogP contribution in [0.1, 0.15) is 27.2 Å². The number of nitrogens with one attached hydrogen (secondary N) is 1. The first-order valence-corrected chi connectivity index (χ1v) is 11.8. The zero-order valence-corrected chi connectivity index (χ0v) is 20.5. The topological polar surface area (TPSA) is 81.4 Å². The Balaban J connectivity index is 1.21. The van der Waals surface area contributed by atoms with Crippen molar-refractivity contribution < 1.29 is 13.9 Å². The van der Waals surface area contributed by atoms with E-state index in [1.807, 2.05) is 42.5 Å². The van der Waals surface area contributed by atoms with Crippen LogP contribution in [0.15, 0.2) is 90.2 Å². The lowest BCUT2D eigenvalue weighted by Crippen LogP contribution is -2.17. The maximum atomic E-state index is 13.2. The molecule has 1 amide bonds. The van der Waals surface area contributed by atoms with Crippen LogP contribution in [0.3, 0.4) is 0 Å². The Morgan fingerprint density at radius 2 is 1.84 bits per heavy atom. The van der Waals surface area contributed by atoms with Crippen LogP contribution in [0.25, 0.3) is 16.6 Å². The summed E-state index contributed by atoms with van der Waals surface area (Å²) in [5.41, 5.74) is 6.42. The van der Waals surface area contributed by atoms with Gasteiger partial charge in [0.15, 0.2) is 0 Å². The fourth-order valence-corrected chi connectivity index (χ4v) is 4.06. The highest BCUT2D eigenvalue weighted by Gasteiger charge is 2.14. The number of hydrogen-bond donors (Lipinski definition) is 1. The predicted molar refractivity (Wildman–Crippen MR) is 141 cm³/mol. The van der Waals surface area contributed by atoms with Gasteiger partial charge in [0.2, 0.25) is 0 Å². The molecule has 9 heteroatoms. The molecular weight excluding hydrogens is 493 g/mol. The molecule has 0 unspecified atom stereocenters. The van der Waals surface area contributed by atoms with Crippen molar-refractivity contribution in [2.75, 3.05) is 0 Å². The Morgan fingerprint density at radius 1 is 1.08 bits per heavy atom. The van der Waals surface area contributed by atoms with Crippen LogP contribution in [0.2, 0.25) is 5.15 Å². The number of pyridine rings is 1. The van der Waals surface area contributed by atoms with E-state index in [0.29, 0.717) is 40.0 Å². The molecule has 0 saturated heterocycles. The number of fused-ring (bicyclic) bond motifs is 1. The Hall–Kier alpha value is -4.56. The lowest BCUT2D eigenvalue weighted by atomic mass is 10.1. The first kappa shape index (κ1) is 24.1. The van der Waals surface area contributed by atoms with Crippen LogP contribution in [-0.4, -0.2) is 26.9 Å². The molecule has 0 bridgehead atoms. The first-order chi connectivity index (χ1) is 18.0.